The molecule has 1 aromatic carbocycles. The molecule has 0 N–H and O–H groups in total. The van der Waals surface area contributed by atoms with Crippen molar-refractivity contribution in [3.8, 4) is 0 Å². The van der Waals surface area contributed by atoms with Gasteiger partial charge in [0.2, 0.25) is 0 Å². The maximum absolute atomic E-state index is 13.2. The fraction of sp³-hybridized carbons (Fsp3) is 0.579. The summed E-state index contributed by atoms with van der Waals surface area (Å²) in [5.41, 5.74) is -1.19. The Labute approximate surface area is 149 Å². The molecule has 1 saturated carbocycles. The highest BCUT2D eigenvalue weighted by Crippen LogP contribution is 2.49. The highest BCUT2D eigenvalue weighted by atomic mass is 28.3. The van der Waals surface area contributed by atoms with Crippen molar-refractivity contribution in [2.75, 3.05) is 14.2 Å². The quantitative estimate of drug-likeness (QED) is 0.456. The third kappa shape index (κ3) is 3.78. The molecule has 0 spiro atoms. The molecule has 0 radical (unpaired) electrons. The summed E-state index contributed by atoms with van der Waals surface area (Å²) in [7, 11) is 0.783. The molecule has 0 aliphatic heterocycles. The van der Waals surface area contributed by atoms with Crippen LogP contribution in [0.15, 0.2) is 24.3 Å². The number of halogens is 1. The number of carbonyl (C=O) groups excluding carboxylic acids is 2. The Bertz CT molecular complexity index is 625. The van der Waals surface area contributed by atoms with Gasteiger partial charge in [-0.2, -0.15) is 0 Å². The summed E-state index contributed by atoms with van der Waals surface area (Å²) in [6.45, 7) is 6.56. The Morgan fingerprint density at radius 2 is 1.64 bits per heavy atom. The minimum Gasteiger partial charge on any atom is -0.468 e. The lowest BCUT2D eigenvalue weighted by Gasteiger charge is -2.29. The second kappa shape index (κ2) is 7.28. The Hall–Kier alpha value is -1.69. The maximum atomic E-state index is 13.2. The molecular weight excluding hydrogens is 339 g/mol. The molecule has 0 unspecified atom stereocenters. The predicted molar refractivity (Wildman–Crippen MR) is 96.7 cm³/mol. The predicted octanol–water partition coefficient (Wildman–Crippen LogP) is 3.12. The molecule has 1 aliphatic rings. The lowest BCUT2D eigenvalue weighted by molar-refractivity contribution is -0.169. The number of rotatable bonds is 5. The van der Waals surface area contributed by atoms with Gasteiger partial charge in [0.1, 0.15) is 5.82 Å². The van der Waals surface area contributed by atoms with Crippen LogP contribution < -0.4 is 5.19 Å². The van der Waals surface area contributed by atoms with Gasteiger partial charge < -0.3 is 9.47 Å². The van der Waals surface area contributed by atoms with E-state index >= 15 is 0 Å². The topological polar surface area (TPSA) is 52.6 Å². The molecule has 0 saturated heterocycles. The minimum atomic E-state index is -1.83. The summed E-state index contributed by atoms with van der Waals surface area (Å²) in [5, 5.41) is 1.18. The van der Waals surface area contributed by atoms with Crippen LogP contribution in [0.25, 0.3) is 0 Å². The van der Waals surface area contributed by atoms with Crippen molar-refractivity contribution in [3.63, 3.8) is 0 Å². The Kier molecular flexibility index (Phi) is 5.71. The molecule has 2 atom stereocenters. The normalized spacial score (nSPS) is 22.5. The smallest absolute Gasteiger partial charge is 0.323 e. The van der Waals surface area contributed by atoms with Crippen molar-refractivity contribution in [2.45, 2.75) is 38.9 Å². The number of methoxy groups -OCH3 is 2. The monoisotopic (exact) mass is 366 g/mol. The summed E-state index contributed by atoms with van der Waals surface area (Å²) in [5.74, 6) is -0.807. The van der Waals surface area contributed by atoms with Crippen LogP contribution in [0.2, 0.25) is 19.1 Å². The molecule has 6 heteroatoms. The third-order valence-electron chi connectivity index (χ3n) is 5.64. The minimum absolute atomic E-state index is 0.213. The van der Waals surface area contributed by atoms with Crippen molar-refractivity contribution >= 4 is 25.2 Å². The summed E-state index contributed by atoms with van der Waals surface area (Å²) in [6.07, 6.45) is 0.899. The van der Waals surface area contributed by atoms with Crippen LogP contribution in [-0.2, 0) is 19.1 Å². The number of esters is 2. The average molecular weight is 367 g/mol. The first-order valence-electron chi connectivity index (χ1n) is 8.59. The van der Waals surface area contributed by atoms with E-state index in [0.717, 1.165) is 6.04 Å². The van der Waals surface area contributed by atoms with E-state index in [-0.39, 0.29) is 17.7 Å². The first-order chi connectivity index (χ1) is 11.7. The van der Waals surface area contributed by atoms with Gasteiger partial charge in [0.05, 0.1) is 22.3 Å². The molecule has 0 aromatic heterocycles. The summed E-state index contributed by atoms with van der Waals surface area (Å²) >= 11 is 0. The molecule has 1 aliphatic carbocycles. The van der Waals surface area contributed by atoms with Gasteiger partial charge in [-0.1, -0.05) is 43.4 Å². The summed E-state index contributed by atoms with van der Waals surface area (Å²) in [6, 6.07) is 7.63. The number of carbonyl (C=O) groups is 2. The van der Waals surface area contributed by atoms with E-state index in [1.54, 1.807) is 0 Å². The Balaban J connectivity index is 2.24. The van der Waals surface area contributed by atoms with Crippen LogP contribution >= 0.6 is 0 Å². The fourth-order valence-electron chi connectivity index (χ4n) is 4.20. The van der Waals surface area contributed by atoms with E-state index in [9.17, 15) is 14.0 Å². The van der Waals surface area contributed by atoms with Crippen LogP contribution in [0.3, 0.4) is 0 Å². The van der Waals surface area contributed by atoms with Gasteiger partial charge in [0.15, 0.2) is 5.41 Å². The lowest BCUT2D eigenvalue weighted by atomic mass is 9.85. The van der Waals surface area contributed by atoms with Crippen LogP contribution in [0.1, 0.15) is 19.8 Å². The molecule has 0 bridgehead atoms. The zero-order valence-corrected chi connectivity index (χ0v) is 16.6. The van der Waals surface area contributed by atoms with Crippen molar-refractivity contribution in [2.24, 2.45) is 17.3 Å². The number of ether oxygens (including phenoxy) is 2. The molecule has 4 nitrogen and oxygen atoms in total. The molecule has 0 heterocycles. The molecule has 2 rings (SSSR count). The maximum Gasteiger partial charge on any atom is 0.323 e. The molecule has 138 valence electrons. The molecule has 0 amide bonds. The second-order valence-electron chi connectivity index (χ2n) is 7.81. The highest BCUT2D eigenvalue weighted by Gasteiger charge is 2.56. The van der Waals surface area contributed by atoms with Gasteiger partial charge in [-0.25, -0.2) is 4.39 Å². The van der Waals surface area contributed by atoms with E-state index in [0.29, 0.717) is 12.8 Å². The van der Waals surface area contributed by atoms with Crippen molar-refractivity contribution < 1.29 is 23.5 Å². The zero-order chi connectivity index (χ0) is 18.8. The highest BCUT2D eigenvalue weighted by molar-refractivity contribution is 6.89. The largest absolute Gasteiger partial charge is 0.468 e. The SMILES string of the molecule is COC(=O)C1(C(=O)OC)C[C@H](C[Si](C)(C)c2ccc(F)cc2)[C@@H](C)C1. The Morgan fingerprint density at radius 3 is 2.12 bits per heavy atom. The van der Waals surface area contributed by atoms with E-state index in [1.807, 2.05) is 12.1 Å². The first kappa shape index (κ1) is 19.6. The fourth-order valence-corrected chi connectivity index (χ4v) is 7.37. The summed E-state index contributed by atoms with van der Waals surface area (Å²) < 4.78 is 23.0. The van der Waals surface area contributed by atoms with Gasteiger partial charge in [-0.3, -0.25) is 9.59 Å². The van der Waals surface area contributed by atoms with Crippen LogP contribution in [0, 0.1) is 23.1 Å². The second-order valence-corrected chi connectivity index (χ2v) is 12.6. The van der Waals surface area contributed by atoms with Crippen molar-refractivity contribution in [1.29, 1.82) is 0 Å². The molecule has 1 aromatic rings. The Morgan fingerprint density at radius 1 is 1.12 bits per heavy atom. The van der Waals surface area contributed by atoms with Gasteiger partial charge in [-0.15, -0.1) is 0 Å². The third-order valence-corrected chi connectivity index (χ3v) is 9.08. The molecule has 1 fully saturated rings. The van der Waals surface area contributed by atoms with Gasteiger partial charge in [0, 0.05) is 0 Å². The summed E-state index contributed by atoms with van der Waals surface area (Å²) in [4.78, 5) is 24.7. The standard InChI is InChI=1S/C19H27FO4Si/c1-13-10-19(17(21)23-2,18(22)24-3)11-14(13)12-25(4,5)16-8-6-15(20)7-9-16/h6-9,13-14H,10-12H2,1-5H3/t13-,14+/m0/s1. The van der Waals surface area contributed by atoms with Crippen LogP contribution in [0.5, 0.6) is 0 Å². The van der Waals surface area contributed by atoms with Gasteiger partial charge >= 0.3 is 11.9 Å². The van der Waals surface area contributed by atoms with Gasteiger partial charge in [-0.05, 0) is 36.8 Å². The van der Waals surface area contributed by atoms with E-state index < -0.39 is 25.4 Å². The van der Waals surface area contributed by atoms with Crippen LogP contribution in [-0.4, -0.2) is 34.2 Å². The zero-order valence-electron chi connectivity index (χ0n) is 15.6. The first-order valence-corrected chi connectivity index (χ1v) is 11.8. The van der Waals surface area contributed by atoms with E-state index in [2.05, 4.69) is 20.0 Å². The number of benzene rings is 1. The lowest BCUT2D eigenvalue weighted by Crippen LogP contribution is -2.43. The van der Waals surface area contributed by atoms with Crippen molar-refractivity contribution in [1.82, 2.24) is 0 Å². The van der Waals surface area contributed by atoms with E-state index in [1.165, 1.54) is 31.5 Å². The molecule has 25 heavy (non-hydrogen) atoms. The van der Waals surface area contributed by atoms with Gasteiger partial charge in [0.25, 0.3) is 0 Å². The average Bonchev–Trinajstić information content (AvgIpc) is 2.90. The molecular formula is C19H27FO4Si. The number of hydrogen-bond donors (Lipinski definition) is 0. The van der Waals surface area contributed by atoms with E-state index in [4.69, 9.17) is 9.47 Å². The van der Waals surface area contributed by atoms with Crippen LogP contribution in [0.4, 0.5) is 4.39 Å². The number of hydrogen-bond acceptors (Lipinski definition) is 4. The van der Waals surface area contributed by atoms with Crippen molar-refractivity contribution in [3.05, 3.63) is 30.1 Å².